The molecule has 7 heteroatoms. The monoisotopic (exact) mass is 357 g/mol. The van der Waals surface area contributed by atoms with E-state index in [-0.39, 0.29) is 5.82 Å². The Morgan fingerprint density at radius 2 is 1.80 bits per heavy atom. The average Bonchev–Trinajstić information content (AvgIpc) is 2.63. The number of hydrogen-bond acceptors (Lipinski definition) is 5. The number of benzene rings is 2. The maximum atomic E-state index is 12.9. The molecule has 2 N–H and O–H groups in total. The third kappa shape index (κ3) is 5.12. The van der Waals surface area contributed by atoms with E-state index in [0.717, 1.165) is 17.5 Å². The highest BCUT2D eigenvalue weighted by molar-refractivity contribution is 6.31. The molecule has 0 aliphatic heterocycles. The van der Waals surface area contributed by atoms with Gasteiger partial charge in [-0.25, -0.2) is 4.39 Å². The summed E-state index contributed by atoms with van der Waals surface area (Å²) >= 11 is 6.13. The Kier molecular flexibility index (Phi) is 5.74. The van der Waals surface area contributed by atoms with Crippen LogP contribution < -0.4 is 10.6 Å². The predicted octanol–water partition coefficient (Wildman–Crippen LogP) is 3.93. The van der Waals surface area contributed by atoms with Crippen LogP contribution in [0.5, 0.6) is 0 Å². The molecule has 3 rings (SSSR count). The van der Waals surface area contributed by atoms with Crippen LogP contribution >= 0.6 is 11.6 Å². The first-order valence-electron chi connectivity index (χ1n) is 7.86. The summed E-state index contributed by atoms with van der Waals surface area (Å²) in [5.74, 6) is 0.816. The van der Waals surface area contributed by atoms with Gasteiger partial charge in [0.25, 0.3) is 0 Å². The van der Waals surface area contributed by atoms with Gasteiger partial charge in [0.1, 0.15) is 5.82 Å². The van der Waals surface area contributed by atoms with Gasteiger partial charge in [-0.2, -0.15) is 10.1 Å². The molecule has 2 aromatic carbocycles. The van der Waals surface area contributed by atoms with Crippen LogP contribution in [-0.2, 0) is 13.0 Å². The van der Waals surface area contributed by atoms with Crippen molar-refractivity contribution in [3.63, 3.8) is 0 Å². The van der Waals surface area contributed by atoms with E-state index in [4.69, 9.17) is 11.6 Å². The van der Waals surface area contributed by atoms with Crippen molar-refractivity contribution < 1.29 is 4.39 Å². The minimum Gasteiger partial charge on any atom is -0.368 e. The zero-order valence-corrected chi connectivity index (χ0v) is 14.2. The Hall–Kier alpha value is -2.73. The van der Waals surface area contributed by atoms with Crippen LogP contribution in [-0.4, -0.2) is 21.7 Å². The van der Waals surface area contributed by atoms with E-state index in [1.54, 1.807) is 18.3 Å². The molecular weight excluding hydrogens is 341 g/mol. The molecule has 0 saturated carbocycles. The molecule has 5 nitrogen and oxygen atoms in total. The summed E-state index contributed by atoms with van der Waals surface area (Å²) in [6.45, 7) is 1.18. The van der Waals surface area contributed by atoms with Crippen LogP contribution in [0.1, 0.15) is 11.1 Å². The molecule has 25 heavy (non-hydrogen) atoms. The summed E-state index contributed by atoms with van der Waals surface area (Å²) in [4.78, 5) is 4.36. The minimum atomic E-state index is -0.231. The first kappa shape index (κ1) is 17.1. The fraction of sp³-hybridized carbons (Fsp3) is 0.167. The highest BCUT2D eigenvalue weighted by Gasteiger charge is 2.03. The van der Waals surface area contributed by atoms with Crippen LogP contribution in [0, 0.1) is 5.82 Å². The molecule has 0 saturated heterocycles. The molecule has 3 aromatic rings. The Labute approximate surface area is 150 Å². The molecule has 1 heterocycles. The summed E-state index contributed by atoms with van der Waals surface area (Å²) in [6, 6.07) is 14.0. The summed E-state index contributed by atoms with van der Waals surface area (Å²) in [6.07, 6.45) is 2.32. The topological polar surface area (TPSA) is 62.7 Å². The van der Waals surface area contributed by atoms with E-state index in [9.17, 15) is 4.39 Å². The first-order valence-corrected chi connectivity index (χ1v) is 8.24. The maximum Gasteiger partial charge on any atom is 0.244 e. The lowest BCUT2D eigenvalue weighted by atomic mass is 10.1. The van der Waals surface area contributed by atoms with Gasteiger partial charge in [0, 0.05) is 18.1 Å². The number of nitrogens with one attached hydrogen (secondary N) is 2. The summed E-state index contributed by atoms with van der Waals surface area (Å²) in [5, 5.41) is 14.9. The van der Waals surface area contributed by atoms with Crippen molar-refractivity contribution in [1.29, 1.82) is 0 Å². The highest BCUT2D eigenvalue weighted by Crippen LogP contribution is 2.16. The second kappa shape index (κ2) is 8.39. The van der Waals surface area contributed by atoms with Gasteiger partial charge in [-0.05, 0) is 35.7 Å². The number of halogens is 2. The molecule has 0 spiro atoms. The summed E-state index contributed by atoms with van der Waals surface area (Å²) in [5.41, 5.74) is 2.01. The molecule has 0 radical (unpaired) electrons. The van der Waals surface area contributed by atoms with Gasteiger partial charge < -0.3 is 10.6 Å². The molecule has 0 atom stereocenters. The third-order valence-electron chi connectivity index (χ3n) is 3.59. The van der Waals surface area contributed by atoms with Crippen molar-refractivity contribution in [3.8, 4) is 0 Å². The zero-order chi connectivity index (χ0) is 17.5. The highest BCUT2D eigenvalue weighted by atomic mass is 35.5. The molecule has 0 unspecified atom stereocenters. The van der Waals surface area contributed by atoms with Gasteiger partial charge >= 0.3 is 0 Å². The molecule has 0 bridgehead atoms. The fourth-order valence-corrected chi connectivity index (χ4v) is 2.47. The average molecular weight is 358 g/mol. The largest absolute Gasteiger partial charge is 0.368 e. The lowest BCUT2D eigenvalue weighted by Gasteiger charge is -2.08. The smallest absolute Gasteiger partial charge is 0.244 e. The van der Waals surface area contributed by atoms with Crippen molar-refractivity contribution in [2.45, 2.75) is 13.0 Å². The molecule has 128 valence electrons. The van der Waals surface area contributed by atoms with Crippen molar-refractivity contribution in [2.75, 3.05) is 17.2 Å². The summed E-state index contributed by atoms with van der Waals surface area (Å²) in [7, 11) is 0. The van der Waals surface area contributed by atoms with Crippen LogP contribution in [0.15, 0.2) is 54.7 Å². The van der Waals surface area contributed by atoms with Crippen molar-refractivity contribution in [2.24, 2.45) is 0 Å². The van der Waals surface area contributed by atoms with E-state index >= 15 is 0 Å². The molecule has 0 aliphatic carbocycles. The molecular formula is C18H17ClFN5. The standard InChI is InChI=1S/C18H17ClFN5/c19-16-4-2-1-3-14(16)11-22-18-24-17(12-23-25-18)21-10-9-13-5-7-15(20)8-6-13/h1-8,12H,9-11H2,(H2,21,22,24,25). The zero-order valence-electron chi connectivity index (χ0n) is 13.4. The SMILES string of the molecule is Fc1ccc(CCNc2cnnc(NCc3ccccc3Cl)n2)cc1. The van der Waals surface area contributed by atoms with Crippen LogP contribution in [0.3, 0.4) is 0 Å². The lowest BCUT2D eigenvalue weighted by Crippen LogP contribution is -2.10. The van der Waals surface area contributed by atoms with E-state index in [2.05, 4.69) is 25.8 Å². The van der Waals surface area contributed by atoms with E-state index in [0.29, 0.717) is 29.9 Å². The van der Waals surface area contributed by atoms with Gasteiger partial charge in [-0.1, -0.05) is 41.9 Å². The molecule has 0 aliphatic rings. The number of anilines is 2. The van der Waals surface area contributed by atoms with Gasteiger partial charge in [0.15, 0.2) is 5.82 Å². The minimum absolute atomic E-state index is 0.231. The first-order chi connectivity index (χ1) is 12.2. The van der Waals surface area contributed by atoms with E-state index < -0.39 is 0 Å². The quantitative estimate of drug-likeness (QED) is 0.670. The number of aromatic nitrogens is 3. The lowest BCUT2D eigenvalue weighted by molar-refractivity contribution is 0.627. The number of rotatable bonds is 7. The Balaban J connectivity index is 1.52. The van der Waals surface area contributed by atoms with Gasteiger partial charge in [-0.15, -0.1) is 5.10 Å². The van der Waals surface area contributed by atoms with Crippen molar-refractivity contribution >= 4 is 23.4 Å². The van der Waals surface area contributed by atoms with E-state index in [1.807, 2.05) is 24.3 Å². The Bertz CT molecular complexity index is 826. The number of hydrogen-bond donors (Lipinski definition) is 2. The number of nitrogens with zero attached hydrogens (tertiary/aromatic N) is 3. The van der Waals surface area contributed by atoms with Crippen LogP contribution in [0.2, 0.25) is 5.02 Å². The van der Waals surface area contributed by atoms with Crippen LogP contribution in [0.25, 0.3) is 0 Å². The van der Waals surface area contributed by atoms with Gasteiger partial charge in [-0.3, -0.25) is 0 Å². The maximum absolute atomic E-state index is 12.9. The molecule has 0 amide bonds. The van der Waals surface area contributed by atoms with Crippen molar-refractivity contribution in [3.05, 3.63) is 76.7 Å². The summed E-state index contributed by atoms with van der Waals surface area (Å²) < 4.78 is 12.9. The van der Waals surface area contributed by atoms with E-state index in [1.165, 1.54) is 12.1 Å². The fourth-order valence-electron chi connectivity index (χ4n) is 2.27. The third-order valence-corrected chi connectivity index (χ3v) is 3.96. The second-order valence-corrected chi connectivity index (χ2v) is 5.82. The van der Waals surface area contributed by atoms with Gasteiger partial charge in [0.05, 0.1) is 6.20 Å². The van der Waals surface area contributed by atoms with Crippen LogP contribution in [0.4, 0.5) is 16.2 Å². The normalized spacial score (nSPS) is 10.5. The predicted molar refractivity (Wildman–Crippen MR) is 97.2 cm³/mol. The Morgan fingerprint density at radius 3 is 2.60 bits per heavy atom. The second-order valence-electron chi connectivity index (χ2n) is 5.41. The molecule has 0 fully saturated rings. The Morgan fingerprint density at radius 1 is 1.00 bits per heavy atom. The van der Waals surface area contributed by atoms with Gasteiger partial charge in [0.2, 0.25) is 5.95 Å². The molecule has 1 aromatic heterocycles. The van der Waals surface area contributed by atoms with Crippen molar-refractivity contribution in [1.82, 2.24) is 15.2 Å².